The Balaban J connectivity index is 2.24. The zero-order valence-electron chi connectivity index (χ0n) is 13.0. The van der Waals surface area contributed by atoms with Gasteiger partial charge in [0.05, 0.1) is 6.61 Å². The van der Waals surface area contributed by atoms with Gasteiger partial charge in [-0.1, -0.05) is 48.5 Å². The molecule has 2 N–H and O–H groups in total. The van der Waals surface area contributed by atoms with Crippen LogP contribution in [-0.2, 0) is 4.79 Å². The number of nitrogens with zero attached hydrogens (tertiary/aromatic N) is 1. The maximum absolute atomic E-state index is 12.6. The van der Waals surface area contributed by atoms with Gasteiger partial charge in [-0.25, -0.2) is 0 Å². The van der Waals surface area contributed by atoms with Crippen LogP contribution in [0.3, 0.4) is 0 Å². The van der Waals surface area contributed by atoms with E-state index < -0.39 is 6.04 Å². The molecule has 0 spiro atoms. The second-order valence-corrected chi connectivity index (χ2v) is 5.17. The summed E-state index contributed by atoms with van der Waals surface area (Å²) < 4.78 is 0. The summed E-state index contributed by atoms with van der Waals surface area (Å²) in [6.07, 6.45) is 0. The Morgan fingerprint density at radius 3 is 2.17 bits per heavy atom. The van der Waals surface area contributed by atoms with Gasteiger partial charge in [0.15, 0.2) is 0 Å². The zero-order valence-corrected chi connectivity index (χ0v) is 13.0. The van der Waals surface area contributed by atoms with Gasteiger partial charge in [0.25, 0.3) is 5.91 Å². The molecule has 2 aromatic carbocycles. The smallest absolute Gasteiger partial charge is 0.252 e. The van der Waals surface area contributed by atoms with Crippen molar-refractivity contribution in [2.24, 2.45) is 0 Å². The number of carbonyl (C=O) groups excluding carboxylic acids is 2. The molecule has 2 aromatic rings. The quantitative estimate of drug-likeness (QED) is 0.851. The summed E-state index contributed by atoms with van der Waals surface area (Å²) in [6.45, 7) is 0.0831. The number of hydrogen-bond acceptors (Lipinski definition) is 3. The molecule has 0 fully saturated rings. The molecule has 2 rings (SSSR count). The molecule has 5 heteroatoms. The summed E-state index contributed by atoms with van der Waals surface area (Å²) in [4.78, 5) is 26.4. The molecular formula is C18H20N2O3. The highest BCUT2D eigenvalue weighted by atomic mass is 16.3. The van der Waals surface area contributed by atoms with Gasteiger partial charge in [0.2, 0.25) is 5.91 Å². The van der Waals surface area contributed by atoms with Crippen LogP contribution in [0.15, 0.2) is 60.7 Å². The van der Waals surface area contributed by atoms with E-state index in [1.165, 1.54) is 4.90 Å². The molecule has 0 aliphatic carbocycles. The Morgan fingerprint density at radius 2 is 1.61 bits per heavy atom. The van der Waals surface area contributed by atoms with Crippen LogP contribution < -0.4 is 5.32 Å². The number of carbonyl (C=O) groups is 2. The number of aliphatic hydroxyl groups excluding tert-OH is 1. The molecule has 0 aromatic heterocycles. The van der Waals surface area contributed by atoms with Gasteiger partial charge in [-0.15, -0.1) is 0 Å². The Bertz CT molecular complexity index is 644. The molecule has 0 saturated carbocycles. The third-order valence-corrected chi connectivity index (χ3v) is 3.50. The number of amides is 2. The van der Waals surface area contributed by atoms with Crippen molar-refractivity contribution in [3.8, 4) is 0 Å². The monoisotopic (exact) mass is 312 g/mol. The molecule has 23 heavy (non-hydrogen) atoms. The largest absolute Gasteiger partial charge is 0.395 e. The van der Waals surface area contributed by atoms with E-state index in [4.69, 9.17) is 5.11 Å². The van der Waals surface area contributed by atoms with Crippen molar-refractivity contribution in [1.29, 1.82) is 0 Å². The number of rotatable bonds is 6. The minimum atomic E-state index is -0.791. The zero-order chi connectivity index (χ0) is 16.7. The highest BCUT2D eigenvalue weighted by Gasteiger charge is 2.25. The molecule has 120 valence electrons. The van der Waals surface area contributed by atoms with Gasteiger partial charge in [0, 0.05) is 19.2 Å². The molecule has 0 radical (unpaired) electrons. The first-order chi connectivity index (χ1) is 11.1. The van der Waals surface area contributed by atoms with Crippen molar-refractivity contribution in [3.05, 3.63) is 71.8 Å². The fraction of sp³-hybridized carbons (Fsp3) is 0.222. The fourth-order valence-corrected chi connectivity index (χ4v) is 2.22. The SMILES string of the molecule is CN(CCO)C(=O)C(NC(=O)c1ccccc1)c1ccccc1. The first kappa shape index (κ1) is 16.7. The lowest BCUT2D eigenvalue weighted by molar-refractivity contribution is -0.132. The van der Waals surface area contributed by atoms with E-state index in [1.807, 2.05) is 24.3 Å². The number of nitrogens with one attached hydrogen (secondary N) is 1. The van der Waals surface area contributed by atoms with Crippen molar-refractivity contribution < 1.29 is 14.7 Å². The van der Waals surface area contributed by atoms with Crippen molar-refractivity contribution in [2.45, 2.75) is 6.04 Å². The van der Waals surface area contributed by atoms with Crippen LogP contribution in [0.2, 0.25) is 0 Å². The summed E-state index contributed by atoms with van der Waals surface area (Å²) >= 11 is 0. The van der Waals surface area contributed by atoms with E-state index in [9.17, 15) is 9.59 Å². The highest BCUT2D eigenvalue weighted by molar-refractivity contribution is 5.97. The van der Waals surface area contributed by atoms with Crippen molar-refractivity contribution in [2.75, 3.05) is 20.2 Å². The van der Waals surface area contributed by atoms with Gasteiger partial charge in [-0.05, 0) is 17.7 Å². The predicted molar refractivity (Wildman–Crippen MR) is 87.8 cm³/mol. The molecule has 0 aliphatic heterocycles. The standard InChI is InChI=1S/C18H20N2O3/c1-20(12-13-21)18(23)16(14-8-4-2-5-9-14)19-17(22)15-10-6-3-7-11-15/h2-11,16,21H,12-13H2,1H3,(H,19,22). The van der Waals surface area contributed by atoms with Gasteiger partial charge < -0.3 is 15.3 Å². The Kier molecular flexibility index (Phi) is 5.88. The van der Waals surface area contributed by atoms with Crippen LogP contribution in [0.25, 0.3) is 0 Å². The predicted octanol–water partition coefficient (Wildman–Crippen LogP) is 1.61. The van der Waals surface area contributed by atoms with Crippen molar-refractivity contribution in [1.82, 2.24) is 10.2 Å². The molecule has 1 atom stereocenters. The molecule has 0 saturated heterocycles. The van der Waals surface area contributed by atoms with E-state index in [0.29, 0.717) is 11.1 Å². The lowest BCUT2D eigenvalue weighted by atomic mass is 10.0. The third kappa shape index (κ3) is 4.40. The van der Waals surface area contributed by atoms with Crippen LogP contribution in [-0.4, -0.2) is 42.0 Å². The maximum Gasteiger partial charge on any atom is 0.252 e. The summed E-state index contributed by atoms with van der Waals surface area (Å²) in [5.74, 6) is -0.584. The minimum Gasteiger partial charge on any atom is -0.395 e. The average molecular weight is 312 g/mol. The second-order valence-electron chi connectivity index (χ2n) is 5.17. The lowest BCUT2D eigenvalue weighted by Crippen LogP contribution is -2.42. The first-order valence-electron chi connectivity index (χ1n) is 7.40. The fourth-order valence-electron chi connectivity index (χ4n) is 2.22. The Labute approximate surface area is 135 Å². The normalized spacial score (nSPS) is 11.6. The maximum atomic E-state index is 12.6. The summed E-state index contributed by atoms with van der Waals surface area (Å²) in [5, 5.41) is 11.8. The van der Waals surface area contributed by atoms with Crippen LogP contribution in [0.1, 0.15) is 22.0 Å². The van der Waals surface area contributed by atoms with E-state index in [2.05, 4.69) is 5.32 Å². The number of benzene rings is 2. The lowest BCUT2D eigenvalue weighted by Gasteiger charge is -2.24. The first-order valence-corrected chi connectivity index (χ1v) is 7.40. The van der Waals surface area contributed by atoms with Gasteiger partial charge in [-0.3, -0.25) is 9.59 Å². The van der Waals surface area contributed by atoms with Crippen LogP contribution in [0.4, 0.5) is 0 Å². The van der Waals surface area contributed by atoms with Crippen LogP contribution >= 0.6 is 0 Å². The minimum absolute atomic E-state index is 0.129. The summed E-state index contributed by atoms with van der Waals surface area (Å²) in [5.41, 5.74) is 1.19. The van der Waals surface area contributed by atoms with Gasteiger partial charge in [0.1, 0.15) is 6.04 Å². The number of hydrogen-bond donors (Lipinski definition) is 2. The topological polar surface area (TPSA) is 69.6 Å². The van der Waals surface area contributed by atoms with Crippen LogP contribution in [0.5, 0.6) is 0 Å². The Hall–Kier alpha value is -2.66. The molecule has 2 amide bonds. The van der Waals surface area contributed by atoms with E-state index in [0.717, 1.165) is 0 Å². The second kappa shape index (κ2) is 8.10. The summed E-state index contributed by atoms with van der Waals surface area (Å²) in [6, 6.07) is 17.0. The number of likely N-dealkylation sites (N-methyl/N-ethyl adjacent to an activating group) is 1. The summed E-state index contributed by atoms with van der Waals surface area (Å²) in [7, 11) is 1.60. The van der Waals surface area contributed by atoms with Gasteiger partial charge in [-0.2, -0.15) is 0 Å². The molecule has 0 bridgehead atoms. The third-order valence-electron chi connectivity index (χ3n) is 3.50. The van der Waals surface area contributed by atoms with E-state index >= 15 is 0 Å². The molecule has 0 heterocycles. The number of aliphatic hydroxyl groups is 1. The van der Waals surface area contributed by atoms with Gasteiger partial charge >= 0.3 is 0 Å². The van der Waals surface area contributed by atoms with E-state index in [-0.39, 0.29) is 25.0 Å². The Morgan fingerprint density at radius 1 is 1.04 bits per heavy atom. The molecule has 1 unspecified atom stereocenters. The van der Waals surface area contributed by atoms with E-state index in [1.54, 1.807) is 43.4 Å². The molecular weight excluding hydrogens is 292 g/mol. The average Bonchev–Trinajstić information content (AvgIpc) is 2.60. The van der Waals surface area contributed by atoms with Crippen molar-refractivity contribution >= 4 is 11.8 Å². The molecule has 5 nitrogen and oxygen atoms in total. The van der Waals surface area contributed by atoms with Crippen molar-refractivity contribution in [3.63, 3.8) is 0 Å². The highest BCUT2D eigenvalue weighted by Crippen LogP contribution is 2.16. The molecule has 0 aliphatic rings. The van der Waals surface area contributed by atoms with Crippen LogP contribution in [0, 0.1) is 0 Å².